The third kappa shape index (κ3) is 3.61. The second-order valence-corrected chi connectivity index (χ2v) is 7.01. The van der Waals surface area contributed by atoms with Crippen LogP contribution >= 0.6 is 11.8 Å². The predicted molar refractivity (Wildman–Crippen MR) is 106 cm³/mol. The molecule has 0 saturated heterocycles. The molecule has 0 radical (unpaired) electrons. The summed E-state index contributed by atoms with van der Waals surface area (Å²) in [5.41, 5.74) is 3.37. The summed E-state index contributed by atoms with van der Waals surface area (Å²) < 4.78 is 13.1. The van der Waals surface area contributed by atoms with Crippen molar-refractivity contribution in [3.05, 3.63) is 78.1 Å². The number of benzene rings is 2. The molecule has 2 aromatic carbocycles. The maximum absolute atomic E-state index is 5.57. The second kappa shape index (κ2) is 7.72. The molecule has 0 atom stereocenters. The van der Waals surface area contributed by atoms with Gasteiger partial charge >= 0.3 is 0 Å². The van der Waals surface area contributed by atoms with Gasteiger partial charge in [-0.05, 0) is 36.8 Å². The molecule has 4 aromatic rings. The SMILES string of the molecule is COc1ccccc1-n1c(SCc2cccc(C)c2)nnc1-c1ccco1. The van der Waals surface area contributed by atoms with E-state index < -0.39 is 0 Å². The monoisotopic (exact) mass is 377 g/mol. The van der Waals surface area contributed by atoms with E-state index in [0.29, 0.717) is 11.6 Å². The van der Waals surface area contributed by atoms with Crippen molar-refractivity contribution in [1.82, 2.24) is 14.8 Å². The van der Waals surface area contributed by atoms with Crippen molar-refractivity contribution < 1.29 is 9.15 Å². The highest BCUT2D eigenvalue weighted by molar-refractivity contribution is 7.98. The summed E-state index contributed by atoms with van der Waals surface area (Å²) in [5, 5.41) is 9.59. The van der Waals surface area contributed by atoms with E-state index in [1.807, 2.05) is 41.0 Å². The zero-order valence-electron chi connectivity index (χ0n) is 15.1. The molecule has 2 heterocycles. The molecule has 0 aliphatic heterocycles. The lowest BCUT2D eigenvalue weighted by Crippen LogP contribution is -2.02. The lowest BCUT2D eigenvalue weighted by Gasteiger charge is -2.13. The van der Waals surface area contributed by atoms with Crippen molar-refractivity contribution in [3.8, 4) is 23.0 Å². The Bertz CT molecular complexity index is 1040. The van der Waals surface area contributed by atoms with Crippen LogP contribution in [0.3, 0.4) is 0 Å². The van der Waals surface area contributed by atoms with Crippen LogP contribution in [0.4, 0.5) is 0 Å². The van der Waals surface area contributed by atoms with Crippen molar-refractivity contribution in [1.29, 1.82) is 0 Å². The van der Waals surface area contributed by atoms with Gasteiger partial charge in [0.25, 0.3) is 0 Å². The van der Waals surface area contributed by atoms with Gasteiger partial charge < -0.3 is 9.15 Å². The van der Waals surface area contributed by atoms with Crippen LogP contribution in [0.1, 0.15) is 11.1 Å². The van der Waals surface area contributed by atoms with Crippen LogP contribution in [-0.2, 0) is 5.75 Å². The number of nitrogens with zero attached hydrogens (tertiary/aromatic N) is 3. The van der Waals surface area contributed by atoms with Crippen molar-refractivity contribution in [2.45, 2.75) is 17.8 Å². The zero-order valence-corrected chi connectivity index (χ0v) is 15.9. The highest BCUT2D eigenvalue weighted by Gasteiger charge is 2.20. The van der Waals surface area contributed by atoms with E-state index in [4.69, 9.17) is 9.15 Å². The Balaban J connectivity index is 1.76. The van der Waals surface area contributed by atoms with E-state index in [1.165, 1.54) is 11.1 Å². The number of rotatable bonds is 6. The molecule has 0 amide bonds. The molecule has 0 saturated carbocycles. The fraction of sp³-hybridized carbons (Fsp3) is 0.143. The van der Waals surface area contributed by atoms with Gasteiger partial charge in [-0.2, -0.15) is 0 Å². The van der Waals surface area contributed by atoms with E-state index in [-0.39, 0.29) is 0 Å². The first-order valence-corrected chi connectivity index (χ1v) is 9.56. The minimum Gasteiger partial charge on any atom is -0.495 e. The third-order valence-electron chi connectivity index (χ3n) is 4.15. The second-order valence-electron chi connectivity index (χ2n) is 6.07. The minimum absolute atomic E-state index is 0.649. The molecule has 0 unspecified atom stereocenters. The Morgan fingerprint density at radius 2 is 1.93 bits per heavy atom. The summed E-state index contributed by atoms with van der Waals surface area (Å²) in [7, 11) is 1.66. The first kappa shape index (κ1) is 17.4. The summed E-state index contributed by atoms with van der Waals surface area (Å²) >= 11 is 1.63. The molecule has 0 bridgehead atoms. The van der Waals surface area contributed by atoms with Crippen LogP contribution in [0, 0.1) is 6.92 Å². The predicted octanol–water partition coefficient (Wildman–Crippen LogP) is 5.14. The van der Waals surface area contributed by atoms with E-state index in [0.717, 1.165) is 22.3 Å². The highest BCUT2D eigenvalue weighted by Crippen LogP contribution is 2.33. The van der Waals surface area contributed by atoms with Gasteiger partial charge in [0.15, 0.2) is 10.9 Å². The highest BCUT2D eigenvalue weighted by atomic mass is 32.2. The molecule has 5 nitrogen and oxygen atoms in total. The summed E-state index contributed by atoms with van der Waals surface area (Å²) in [4.78, 5) is 0. The van der Waals surface area contributed by atoms with Gasteiger partial charge in [0.2, 0.25) is 5.82 Å². The lowest BCUT2D eigenvalue weighted by atomic mass is 10.2. The molecule has 27 heavy (non-hydrogen) atoms. The van der Waals surface area contributed by atoms with Crippen molar-refractivity contribution in [2.24, 2.45) is 0 Å². The summed E-state index contributed by atoms with van der Waals surface area (Å²) in [6.45, 7) is 2.10. The normalized spacial score (nSPS) is 10.9. The van der Waals surface area contributed by atoms with Crippen molar-refractivity contribution in [3.63, 3.8) is 0 Å². The van der Waals surface area contributed by atoms with Crippen LogP contribution in [0.5, 0.6) is 5.75 Å². The van der Waals surface area contributed by atoms with Crippen molar-refractivity contribution >= 4 is 11.8 Å². The number of para-hydroxylation sites is 2. The number of hydrogen-bond donors (Lipinski definition) is 0. The Morgan fingerprint density at radius 1 is 1.04 bits per heavy atom. The molecule has 136 valence electrons. The van der Waals surface area contributed by atoms with Crippen LogP contribution in [0.2, 0.25) is 0 Å². The van der Waals surface area contributed by atoms with E-state index in [2.05, 4.69) is 41.4 Å². The Kier molecular flexibility index (Phi) is 4.98. The number of thioether (sulfide) groups is 1. The molecule has 4 rings (SSSR count). The summed E-state index contributed by atoms with van der Waals surface area (Å²) in [6, 6.07) is 20.0. The largest absolute Gasteiger partial charge is 0.495 e. The Morgan fingerprint density at radius 3 is 2.70 bits per heavy atom. The zero-order chi connectivity index (χ0) is 18.6. The fourth-order valence-corrected chi connectivity index (χ4v) is 3.80. The van der Waals surface area contributed by atoms with Gasteiger partial charge in [-0.15, -0.1) is 10.2 Å². The molecular formula is C21H19N3O2S. The molecular weight excluding hydrogens is 358 g/mol. The Labute approximate surface area is 162 Å². The number of methoxy groups -OCH3 is 1. The van der Waals surface area contributed by atoms with Gasteiger partial charge in [0.05, 0.1) is 19.1 Å². The van der Waals surface area contributed by atoms with Crippen LogP contribution in [0.25, 0.3) is 17.3 Å². The van der Waals surface area contributed by atoms with Crippen LogP contribution in [0.15, 0.2) is 76.5 Å². The number of aromatic nitrogens is 3. The molecule has 0 aliphatic carbocycles. The maximum Gasteiger partial charge on any atom is 0.205 e. The van der Waals surface area contributed by atoms with Gasteiger partial charge in [-0.25, -0.2) is 0 Å². The number of ether oxygens (including phenoxy) is 1. The van der Waals surface area contributed by atoms with E-state index in [9.17, 15) is 0 Å². The molecule has 2 aromatic heterocycles. The van der Waals surface area contributed by atoms with Gasteiger partial charge in [0, 0.05) is 5.75 Å². The molecule has 0 aliphatic rings. The molecule has 0 N–H and O–H groups in total. The van der Waals surface area contributed by atoms with E-state index in [1.54, 1.807) is 25.1 Å². The van der Waals surface area contributed by atoms with Gasteiger partial charge in [-0.3, -0.25) is 4.57 Å². The van der Waals surface area contributed by atoms with Crippen LogP contribution < -0.4 is 4.74 Å². The van der Waals surface area contributed by atoms with Crippen LogP contribution in [-0.4, -0.2) is 21.9 Å². The van der Waals surface area contributed by atoms with E-state index >= 15 is 0 Å². The third-order valence-corrected chi connectivity index (χ3v) is 5.15. The van der Waals surface area contributed by atoms with Crippen molar-refractivity contribution in [2.75, 3.05) is 7.11 Å². The average Bonchev–Trinajstić information content (AvgIpc) is 3.36. The first-order chi connectivity index (χ1) is 13.3. The summed E-state index contributed by atoms with van der Waals surface area (Å²) in [5.74, 6) is 2.86. The summed E-state index contributed by atoms with van der Waals surface area (Å²) in [6.07, 6.45) is 1.64. The fourth-order valence-electron chi connectivity index (χ4n) is 2.91. The quantitative estimate of drug-likeness (QED) is 0.436. The standard InChI is InChI=1S/C21H19N3O2S/c1-15-7-5-8-16(13-15)14-27-21-23-22-20(19-11-6-12-26-19)24(21)17-9-3-4-10-18(17)25-2/h3-13H,14H2,1-2H3. The smallest absolute Gasteiger partial charge is 0.205 e. The number of aryl methyl sites for hydroxylation is 1. The first-order valence-electron chi connectivity index (χ1n) is 8.57. The molecule has 0 spiro atoms. The topological polar surface area (TPSA) is 53.1 Å². The number of hydrogen-bond acceptors (Lipinski definition) is 5. The Hall–Kier alpha value is -2.99. The van der Waals surface area contributed by atoms with Gasteiger partial charge in [-0.1, -0.05) is 53.7 Å². The van der Waals surface area contributed by atoms with Gasteiger partial charge in [0.1, 0.15) is 5.75 Å². The maximum atomic E-state index is 5.57. The molecule has 6 heteroatoms. The minimum atomic E-state index is 0.649. The average molecular weight is 377 g/mol. The lowest BCUT2D eigenvalue weighted by molar-refractivity contribution is 0.412. The number of furan rings is 1. The molecule has 0 fully saturated rings.